The summed E-state index contributed by atoms with van der Waals surface area (Å²) in [5, 5.41) is 36.4. The van der Waals surface area contributed by atoms with E-state index in [4.69, 9.17) is 19.8 Å². The van der Waals surface area contributed by atoms with Crippen LogP contribution in [0.25, 0.3) is 0 Å². The average Bonchev–Trinajstić information content (AvgIpc) is 2.14. The van der Waals surface area contributed by atoms with Gasteiger partial charge < -0.3 is 25.2 Å². The Hall–Kier alpha value is -0.560. The summed E-state index contributed by atoms with van der Waals surface area (Å²) in [7, 11) is 0. The quantitative estimate of drug-likeness (QED) is 0.289. The summed E-state index contributed by atoms with van der Waals surface area (Å²) < 4.78 is 60.1. The van der Waals surface area contributed by atoms with E-state index in [-0.39, 0.29) is 0 Å². The van der Waals surface area contributed by atoms with Crippen LogP contribution >= 0.6 is 0 Å². The molecule has 0 amide bonds. The first-order valence-electron chi connectivity index (χ1n) is 6.04. The van der Waals surface area contributed by atoms with Gasteiger partial charge in [0.1, 0.15) is 19.6 Å². The smallest absolute Gasteiger partial charge is 0.183 e. The summed E-state index contributed by atoms with van der Waals surface area (Å²) in [5.41, 5.74) is 0. The van der Waals surface area contributed by atoms with Crippen molar-refractivity contribution in [2.45, 2.75) is 24.4 Å². The van der Waals surface area contributed by atoms with Crippen LogP contribution < -0.4 is 0 Å². The maximum atomic E-state index is 13.4. The predicted octanol–water partition coefficient (Wildman–Crippen LogP) is -2.40. The highest BCUT2D eigenvalue weighted by Crippen LogP contribution is 2.05. The van der Waals surface area contributed by atoms with Gasteiger partial charge in [-0.25, -0.2) is 4.39 Å². The van der Waals surface area contributed by atoms with Gasteiger partial charge in [0.15, 0.2) is 12.4 Å². The summed E-state index contributed by atoms with van der Waals surface area (Å²) in [6.45, 7) is -4.13. The van der Waals surface area contributed by atoms with Crippen LogP contribution in [0, 0.1) is 0 Å². The molecule has 5 nitrogen and oxygen atoms in total. The number of hydrogen-bond donors (Lipinski definition) is 4. The molecule has 0 rings (SSSR count). The van der Waals surface area contributed by atoms with Crippen LogP contribution in [0.1, 0.15) is 9.60 Å². The normalized spacial score (nSPS) is 41.2. The molecule has 0 spiro atoms. The minimum atomic E-state index is -4.69. The number of hydrogen-bond acceptors (Lipinski definition) is 5. The summed E-state index contributed by atoms with van der Waals surface area (Å²) in [6, 6.07) is 0. The van der Waals surface area contributed by atoms with Crippen LogP contribution in [0.4, 0.5) is 4.39 Å². The minimum Gasteiger partial charge on any atom is -0.394 e. The van der Waals surface area contributed by atoms with Crippen molar-refractivity contribution in [2.24, 2.45) is 0 Å². The molecule has 0 saturated carbocycles. The Morgan fingerprint density at radius 2 is 2.08 bits per heavy atom. The van der Waals surface area contributed by atoms with Crippen LogP contribution in [0.5, 0.6) is 0 Å². The van der Waals surface area contributed by atoms with Crippen LogP contribution in [0.15, 0.2) is 0 Å². The molecule has 0 aromatic carbocycles. The van der Waals surface area contributed by atoms with Crippen molar-refractivity contribution < 1.29 is 39.2 Å². The molecule has 0 unspecified atom stereocenters. The third-order valence-corrected chi connectivity index (χ3v) is 0.852. The first-order chi connectivity index (χ1) is 7.94. The van der Waals surface area contributed by atoms with Gasteiger partial charge in [0.2, 0.25) is 0 Å². The lowest BCUT2D eigenvalue weighted by Gasteiger charge is -2.21. The molecule has 0 heterocycles. The van der Waals surface area contributed by atoms with Crippen molar-refractivity contribution in [3.05, 3.63) is 0 Å². The Morgan fingerprint density at radius 1 is 1.58 bits per heavy atom. The fraction of sp³-hybridized carbons (Fsp3) is 0.833. The summed E-state index contributed by atoms with van der Waals surface area (Å²) >= 11 is 0. The molecule has 0 saturated heterocycles. The third kappa shape index (κ3) is 2.82. The Labute approximate surface area is 77.9 Å². The van der Waals surface area contributed by atoms with Crippen molar-refractivity contribution in [2.75, 3.05) is 6.56 Å². The molecular formula is C6H11FO5. The highest BCUT2D eigenvalue weighted by atomic mass is 19.2. The van der Waals surface area contributed by atoms with Gasteiger partial charge in [-0.3, -0.25) is 0 Å². The van der Waals surface area contributed by atoms with E-state index in [0.29, 0.717) is 0 Å². The first kappa shape index (κ1) is 4.10. The lowest BCUT2D eigenvalue weighted by molar-refractivity contribution is -0.127. The third-order valence-electron chi connectivity index (χ3n) is 0.852. The Bertz CT molecular complexity index is 377. The molecule has 0 aliphatic heterocycles. The van der Waals surface area contributed by atoms with E-state index >= 15 is 0 Å². The number of halogens is 1. The maximum absolute atomic E-state index is 13.4. The summed E-state index contributed by atoms with van der Waals surface area (Å²) in [6.07, 6.45) is -20.9. The van der Waals surface area contributed by atoms with Crippen molar-refractivity contribution in [3.63, 3.8) is 0 Å². The molecule has 6 heteroatoms. The van der Waals surface area contributed by atoms with Crippen LogP contribution in [0.3, 0.4) is 0 Å². The fourth-order valence-corrected chi connectivity index (χ4v) is 0.317. The van der Waals surface area contributed by atoms with Crippen molar-refractivity contribution in [1.29, 1.82) is 0 Å². The molecule has 0 aromatic heterocycles. The zero-order chi connectivity index (χ0) is 16.1. The largest absolute Gasteiger partial charge is 0.394 e. The molecule has 0 aromatic rings. The van der Waals surface area contributed by atoms with Crippen molar-refractivity contribution >= 4 is 6.26 Å². The molecule has 0 aliphatic carbocycles. The fourth-order valence-electron chi connectivity index (χ4n) is 0.317. The molecule has 4 atom stereocenters. The standard InChI is InChI=1S/C6H11FO5/c7-3(1-8)5(11)6(12)4(10)2-9/h1,3-6,9-12H,2H2/t3-,4+,5+,6+/m0/s1/i1+1D,2+1D2,3+1D,4+1D,5+1D,6+1D. The first-order valence-corrected chi connectivity index (χ1v) is 2.54. The number of aliphatic hydroxyl groups is 4. The van der Waals surface area contributed by atoms with Gasteiger partial charge in [0.25, 0.3) is 0 Å². The Balaban J connectivity index is 5.99. The highest BCUT2D eigenvalue weighted by molar-refractivity contribution is 5.56. The molecular weight excluding hydrogens is 177 g/mol. The molecule has 0 fully saturated rings. The average molecular weight is 195 g/mol. The number of carbonyl (C=O) groups is 1. The van der Waals surface area contributed by atoms with Gasteiger partial charge in [-0.1, -0.05) is 0 Å². The van der Waals surface area contributed by atoms with Gasteiger partial charge in [0.05, 0.1) is 14.8 Å². The highest BCUT2D eigenvalue weighted by Gasteiger charge is 2.30. The second kappa shape index (κ2) is 5.15. The number of rotatable bonds is 5. The monoisotopic (exact) mass is 195 g/mol. The Morgan fingerprint density at radius 3 is 2.42 bits per heavy atom. The van der Waals surface area contributed by atoms with Gasteiger partial charge in [-0.05, 0) is 0 Å². The number of aldehydes is 1. The zero-order valence-corrected chi connectivity index (χ0v) is 5.58. The molecule has 72 valence electrons. The zero-order valence-electron chi connectivity index (χ0n) is 12.6. The van der Waals surface area contributed by atoms with E-state index in [9.17, 15) is 19.4 Å². The topological polar surface area (TPSA) is 98.0 Å². The van der Waals surface area contributed by atoms with Crippen molar-refractivity contribution in [1.82, 2.24) is 0 Å². The van der Waals surface area contributed by atoms with Crippen LogP contribution in [0.2, 0.25) is 0 Å². The molecule has 4 N–H and O–H groups in total. The molecule has 12 heavy (non-hydrogen) atoms. The van der Waals surface area contributed by atoms with Gasteiger partial charge in [-0.2, -0.15) is 0 Å². The SMILES string of the molecule is [2H][13C](=O)[13C@]([2H])(F)[13C@@]([2H])(O)[13C@]([2H])(O)[13C@]([2H])(O)[13C]([2H])([2H])O. The molecule has 0 aliphatic rings. The van der Waals surface area contributed by atoms with E-state index in [1.165, 1.54) is 0 Å². The molecule has 0 radical (unpaired) electrons. The van der Waals surface area contributed by atoms with E-state index in [0.717, 1.165) is 0 Å². The predicted molar refractivity (Wildman–Crippen MR) is 36.1 cm³/mol. The number of carbonyl (C=O) groups excluding carboxylic acids is 1. The van der Waals surface area contributed by atoms with Gasteiger partial charge in [-0.15, -0.1) is 0 Å². The minimum absolute atomic E-state index is 2.59. The van der Waals surface area contributed by atoms with Crippen molar-refractivity contribution in [3.8, 4) is 0 Å². The second-order valence-corrected chi connectivity index (χ2v) is 1.57. The van der Waals surface area contributed by atoms with Gasteiger partial charge in [0, 0.05) is 0 Å². The lowest BCUT2D eigenvalue weighted by Crippen LogP contribution is -2.44. The Kier molecular flexibility index (Phi) is 1.76. The van der Waals surface area contributed by atoms with Gasteiger partial charge >= 0.3 is 0 Å². The van der Waals surface area contributed by atoms with Crippen LogP contribution in [-0.2, 0) is 4.79 Å². The van der Waals surface area contributed by atoms with Crippen LogP contribution in [-0.4, -0.2) is 57.6 Å². The van der Waals surface area contributed by atoms with E-state index < -0.39 is 37.2 Å². The van der Waals surface area contributed by atoms with E-state index in [1.807, 2.05) is 0 Å². The van der Waals surface area contributed by atoms with E-state index in [1.54, 1.807) is 0 Å². The maximum Gasteiger partial charge on any atom is 0.183 e. The summed E-state index contributed by atoms with van der Waals surface area (Å²) in [5.74, 6) is 0. The lowest BCUT2D eigenvalue weighted by atomic mass is 11.0. The number of alkyl halides is 1. The van der Waals surface area contributed by atoms with E-state index in [2.05, 4.69) is 0 Å². The summed E-state index contributed by atoms with van der Waals surface area (Å²) in [4.78, 5) is 10.5. The molecule has 0 bridgehead atoms. The second-order valence-electron chi connectivity index (χ2n) is 1.57.